The number of amidine groups is 1. The first-order chi connectivity index (χ1) is 11.4. The molecule has 2 N–H and O–H groups in total. The van der Waals surface area contributed by atoms with Gasteiger partial charge in [0, 0.05) is 19.1 Å². The number of sulfonamides is 1. The van der Waals surface area contributed by atoms with Crippen molar-refractivity contribution in [2.24, 2.45) is 9.98 Å². The van der Waals surface area contributed by atoms with Gasteiger partial charge in [-0.25, -0.2) is 13.4 Å². The number of aliphatic imine (C=N–C) groups is 2. The number of nitrogens with zero attached hydrogens (tertiary/aromatic N) is 3. The van der Waals surface area contributed by atoms with Gasteiger partial charge in [0.05, 0.1) is 11.2 Å². The van der Waals surface area contributed by atoms with Crippen LogP contribution in [0.15, 0.2) is 45.2 Å². The second kappa shape index (κ2) is 6.97. The molecule has 1 atom stereocenters. The lowest BCUT2D eigenvalue weighted by Crippen LogP contribution is -2.58. The minimum atomic E-state index is -3.46. The second-order valence-corrected chi connectivity index (χ2v) is 8.36. The minimum absolute atomic E-state index is 0.0111. The van der Waals surface area contributed by atoms with E-state index in [4.69, 9.17) is 23.2 Å². The molecule has 0 radical (unpaired) electrons. The predicted molar refractivity (Wildman–Crippen MR) is 94.9 cm³/mol. The van der Waals surface area contributed by atoms with Gasteiger partial charge in [0.15, 0.2) is 0 Å². The fourth-order valence-corrected chi connectivity index (χ4v) is 4.68. The van der Waals surface area contributed by atoms with Crippen molar-refractivity contribution in [2.75, 3.05) is 13.1 Å². The lowest BCUT2D eigenvalue weighted by atomic mass is 10.1. The van der Waals surface area contributed by atoms with Crippen LogP contribution in [-0.2, 0) is 10.0 Å². The number of nitrogens with one attached hydrogen (secondary N) is 2. The summed E-state index contributed by atoms with van der Waals surface area (Å²) in [6.07, 6.45) is 2.61. The van der Waals surface area contributed by atoms with Crippen LogP contribution in [0.1, 0.15) is 12.8 Å². The first kappa shape index (κ1) is 17.6. The Hall–Kier alpha value is -1.19. The predicted octanol–water partition coefficient (Wildman–Crippen LogP) is 1.51. The van der Waals surface area contributed by atoms with Crippen LogP contribution in [0.4, 0.5) is 0 Å². The van der Waals surface area contributed by atoms with E-state index < -0.39 is 15.3 Å². The summed E-state index contributed by atoms with van der Waals surface area (Å²) in [4.78, 5) is 8.09. The Kier molecular flexibility index (Phi) is 5.12. The molecule has 1 aromatic rings. The van der Waals surface area contributed by atoms with Crippen molar-refractivity contribution >= 4 is 44.9 Å². The third-order valence-electron chi connectivity index (χ3n) is 3.90. The maximum absolute atomic E-state index is 12.6. The number of hydrogen-bond acceptors (Lipinski definition) is 6. The SMILES string of the molecule is O=S(=O)(c1ccccc1)N1CCC(NC2(Cl)N=C(Cl)N=CN2)CC1. The molecule has 24 heavy (non-hydrogen) atoms. The maximum Gasteiger partial charge on any atom is 0.268 e. The van der Waals surface area contributed by atoms with Crippen LogP contribution in [0.25, 0.3) is 0 Å². The molecule has 2 aliphatic rings. The van der Waals surface area contributed by atoms with Gasteiger partial charge in [-0.2, -0.15) is 9.30 Å². The van der Waals surface area contributed by atoms with Gasteiger partial charge in [-0.1, -0.05) is 29.8 Å². The number of rotatable bonds is 4. The summed E-state index contributed by atoms with van der Waals surface area (Å²) in [6.45, 7) is 0.820. The molecule has 10 heteroatoms. The minimum Gasteiger partial charge on any atom is -0.326 e. The van der Waals surface area contributed by atoms with E-state index in [1.165, 1.54) is 10.6 Å². The van der Waals surface area contributed by atoms with Gasteiger partial charge in [-0.15, -0.1) is 0 Å². The van der Waals surface area contributed by atoms with Crippen LogP contribution < -0.4 is 10.6 Å². The fourth-order valence-electron chi connectivity index (χ4n) is 2.69. The van der Waals surface area contributed by atoms with E-state index in [9.17, 15) is 8.42 Å². The Morgan fingerprint density at radius 2 is 1.92 bits per heavy atom. The monoisotopic (exact) mass is 389 g/mol. The summed E-state index contributed by atoms with van der Waals surface area (Å²) < 4.78 is 26.7. The third-order valence-corrected chi connectivity index (χ3v) is 6.30. The van der Waals surface area contributed by atoms with E-state index in [2.05, 4.69) is 20.6 Å². The molecule has 7 nitrogen and oxygen atoms in total. The molecule has 0 aliphatic carbocycles. The standard InChI is InChI=1S/C14H17Cl2N5O2S/c15-13-17-10-18-14(16,20-13)19-11-6-8-21(9-7-11)24(22,23)12-4-2-1-3-5-12/h1-5,10-11,19H,6-9H2,(H,17,18,20). The van der Waals surface area contributed by atoms with E-state index in [-0.39, 0.29) is 11.3 Å². The molecule has 1 saturated heterocycles. The molecular weight excluding hydrogens is 373 g/mol. The average Bonchev–Trinajstić information content (AvgIpc) is 2.55. The number of alkyl halides is 1. The van der Waals surface area contributed by atoms with Gasteiger partial charge in [0.2, 0.25) is 15.3 Å². The molecule has 1 aromatic carbocycles. The molecular formula is C14H17Cl2N5O2S. The van der Waals surface area contributed by atoms with Crippen molar-refractivity contribution in [3.63, 3.8) is 0 Å². The number of benzene rings is 1. The number of piperidine rings is 1. The van der Waals surface area contributed by atoms with E-state index in [0.29, 0.717) is 30.8 Å². The number of hydrogen-bond donors (Lipinski definition) is 2. The van der Waals surface area contributed by atoms with Crippen LogP contribution in [0.2, 0.25) is 0 Å². The summed E-state index contributed by atoms with van der Waals surface area (Å²) in [5.74, 6) is 0. The van der Waals surface area contributed by atoms with Crippen molar-refractivity contribution in [2.45, 2.75) is 29.0 Å². The van der Waals surface area contributed by atoms with Gasteiger partial charge >= 0.3 is 0 Å². The largest absolute Gasteiger partial charge is 0.326 e. The van der Waals surface area contributed by atoms with Gasteiger partial charge in [0.1, 0.15) is 0 Å². The summed E-state index contributed by atoms with van der Waals surface area (Å²) in [7, 11) is -3.46. The Bertz CT molecular complexity index is 748. The molecule has 3 rings (SSSR count). The highest BCUT2D eigenvalue weighted by Crippen LogP contribution is 2.23. The van der Waals surface area contributed by atoms with Crippen molar-refractivity contribution in [1.29, 1.82) is 0 Å². The van der Waals surface area contributed by atoms with E-state index >= 15 is 0 Å². The molecule has 2 heterocycles. The zero-order valence-corrected chi connectivity index (χ0v) is 15.0. The zero-order valence-electron chi connectivity index (χ0n) is 12.7. The molecule has 0 amide bonds. The second-order valence-electron chi connectivity index (χ2n) is 5.54. The highest BCUT2D eigenvalue weighted by Gasteiger charge is 2.35. The molecule has 130 valence electrons. The highest BCUT2D eigenvalue weighted by atomic mass is 35.5. The van der Waals surface area contributed by atoms with Crippen LogP contribution in [-0.4, -0.2) is 48.7 Å². The highest BCUT2D eigenvalue weighted by molar-refractivity contribution is 7.89. The third kappa shape index (κ3) is 3.89. The van der Waals surface area contributed by atoms with Crippen molar-refractivity contribution in [3.05, 3.63) is 30.3 Å². The van der Waals surface area contributed by atoms with Gasteiger partial charge < -0.3 is 5.32 Å². The Balaban J connectivity index is 1.61. The summed E-state index contributed by atoms with van der Waals surface area (Å²) >= 11 is 12.1. The lowest BCUT2D eigenvalue weighted by molar-refractivity contribution is 0.257. The molecule has 1 unspecified atom stereocenters. The van der Waals surface area contributed by atoms with E-state index in [1.807, 2.05) is 0 Å². The van der Waals surface area contributed by atoms with Crippen LogP contribution in [0.5, 0.6) is 0 Å². The van der Waals surface area contributed by atoms with Gasteiger partial charge in [0.25, 0.3) is 5.25 Å². The van der Waals surface area contributed by atoms with Crippen molar-refractivity contribution < 1.29 is 8.42 Å². The maximum atomic E-state index is 12.6. The zero-order chi connectivity index (χ0) is 17.2. The van der Waals surface area contributed by atoms with E-state index in [1.54, 1.807) is 30.3 Å². The van der Waals surface area contributed by atoms with Crippen LogP contribution in [0.3, 0.4) is 0 Å². The number of halogens is 2. The molecule has 1 fully saturated rings. The normalized spacial score (nSPS) is 26.0. The average molecular weight is 390 g/mol. The molecule has 2 aliphatic heterocycles. The smallest absolute Gasteiger partial charge is 0.268 e. The summed E-state index contributed by atoms with van der Waals surface area (Å²) in [6, 6.07) is 8.45. The Labute approximate surface area is 150 Å². The quantitative estimate of drug-likeness (QED) is 0.603. The van der Waals surface area contributed by atoms with Crippen LogP contribution in [0, 0.1) is 0 Å². The lowest BCUT2D eigenvalue weighted by Gasteiger charge is -2.36. The molecule has 0 spiro atoms. The summed E-state index contributed by atoms with van der Waals surface area (Å²) in [5.41, 5.74) is 0. The van der Waals surface area contributed by atoms with Gasteiger partial charge in [-0.05, 0) is 36.6 Å². The first-order valence-electron chi connectivity index (χ1n) is 7.46. The van der Waals surface area contributed by atoms with Crippen molar-refractivity contribution in [3.8, 4) is 0 Å². The topological polar surface area (TPSA) is 86.2 Å². The van der Waals surface area contributed by atoms with Gasteiger partial charge in [-0.3, -0.25) is 5.32 Å². The molecule has 0 aromatic heterocycles. The molecule has 0 saturated carbocycles. The molecule has 0 bridgehead atoms. The Morgan fingerprint density at radius 1 is 1.25 bits per heavy atom. The fraction of sp³-hybridized carbons (Fsp3) is 0.429. The Morgan fingerprint density at radius 3 is 2.54 bits per heavy atom. The van der Waals surface area contributed by atoms with E-state index in [0.717, 1.165) is 0 Å². The van der Waals surface area contributed by atoms with Crippen LogP contribution >= 0.6 is 23.2 Å². The summed E-state index contributed by atoms with van der Waals surface area (Å²) in [5, 5.41) is 4.76. The van der Waals surface area contributed by atoms with Crippen molar-refractivity contribution in [1.82, 2.24) is 14.9 Å². The first-order valence-corrected chi connectivity index (χ1v) is 9.66.